The fraction of sp³-hybridized carbons (Fsp3) is 0.111. The van der Waals surface area contributed by atoms with E-state index in [1.165, 1.54) is 24.5 Å². The Labute approximate surface area is 168 Å². The molecule has 1 aromatic carbocycles. The van der Waals surface area contributed by atoms with Gasteiger partial charge in [-0.3, -0.25) is 4.98 Å². The molecule has 0 amide bonds. The first-order chi connectivity index (χ1) is 13.4. The van der Waals surface area contributed by atoms with Crippen LogP contribution in [0.4, 0.5) is 11.6 Å². The molecule has 3 rings (SSSR count). The molecule has 1 atom stereocenters. The number of nitrogens with zero attached hydrogens (tertiary/aromatic N) is 3. The van der Waals surface area contributed by atoms with Crippen LogP contribution in [0, 0.1) is 0 Å². The van der Waals surface area contributed by atoms with Crippen molar-refractivity contribution in [2.45, 2.75) is 17.9 Å². The van der Waals surface area contributed by atoms with Gasteiger partial charge in [0.2, 0.25) is 5.95 Å². The summed E-state index contributed by atoms with van der Waals surface area (Å²) in [7, 11) is -3.77. The van der Waals surface area contributed by atoms with E-state index in [-0.39, 0.29) is 16.9 Å². The Bertz CT molecular complexity index is 1030. The molecule has 0 spiro atoms. The summed E-state index contributed by atoms with van der Waals surface area (Å²) in [5, 5.41) is 6.63. The molecule has 3 aromatic rings. The zero-order chi connectivity index (χ0) is 20.0. The van der Waals surface area contributed by atoms with Gasteiger partial charge >= 0.3 is 0 Å². The van der Waals surface area contributed by atoms with Crippen LogP contribution in [0.5, 0.6) is 0 Å². The van der Waals surface area contributed by atoms with Crippen molar-refractivity contribution >= 4 is 39.0 Å². The fourth-order valence-electron chi connectivity index (χ4n) is 2.35. The molecule has 0 saturated heterocycles. The second-order valence-corrected chi connectivity index (χ2v) is 7.89. The quantitative estimate of drug-likeness (QED) is 0.528. The zero-order valence-electron chi connectivity index (χ0n) is 14.9. The fourth-order valence-corrected chi connectivity index (χ4v) is 3.60. The predicted molar refractivity (Wildman–Crippen MR) is 111 cm³/mol. The normalized spacial score (nSPS) is 12.0. The molecule has 0 saturated carbocycles. The number of hydrogen-bond donors (Lipinski definition) is 3. The highest BCUT2D eigenvalue weighted by atomic mass is 32.2. The van der Waals surface area contributed by atoms with Crippen molar-refractivity contribution in [3.05, 3.63) is 72.8 Å². The third-order valence-electron chi connectivity index (χ3n) is 3.77. The molecule has 2 aromatic heterocycles. The van der Waals surface area contributed by atoms with Gasteiger partial charge in [-0.2, -0.15) is 0 Å². The number of rotatable bonds is 6. The van der Waals surface area contributed by atoms with E-state index in [0.717, 1.165) is 5.56 Å². The molecule has 0 fully saturated rings. The van der Waals surface area contributed by atoms with Crippen molar-refractivity contribution in [1.29, 1.82) is 0 Å². The number of nitrogens with one attached hydrogen (secondary N) is 3. The van der Waals surface area contributed by atoms with E-state index in [2.05, 4.69) is 30.3 Å². The molecule has 144 valence electrons. The van der Waals surface area contributed by atoms with Crippen LogP contribution in [0.15, 0.2) is 72.1 Å². The molecule has 8 nitrogen and oxygen atoms in total. The molecule has 2 heterocycles. The SMILES string of the molecule is CC(NC(=S)Nc1ccc(S(=O)(=O)Nc2ncccn2)cc1)c1ccncc1. The first kappa shape index (κ1) is 19.6. The number of benzene rings is 1. The number of pyridine rings is 1. The third kappa shape index (κ3) is 5.21. The Morgan fingerprint density at radius 3 is 2.29 bits per heavy atom. The van der Waals surface area contributed by atoms with Crippen LogP contribution in [0.1, 0.15) is 18.5 Å². The Morgan fingerprint density at radius 2 is 1.64 bits per heavy atom. The van der Waals surface area contributed by atoms with E-state index >= 15 is 0 Å². The summed E-state index contributed by atoms with van der Waals surface area (Å²) >= 11 is 5.32. The van der Waals surface area contributed by atoms with Crippen molar-refractivity contribution in [3.63, 3.8) is 0 Å². The van der Waals surface area contributed by atoms with Gasteiger partial charge in [-0.1, -0.05) is 0 Å². The summed E-state index contributed by atoms with van der Waals surface area (Å²) in [6.07, 6.45) is 6.35. The summed E-state index contributed by atoms with van der Waals surface area (Å²) in [5.74, 6) is 0.0141. The van der Waals surface area contributed by atoms with Gasteiger partial charge in [-0.05, 0) is 67.2 Å². The van der Waals surface area contributed by atoms with Crippen LogP contribution in [-0.2, 0) is 10.0 Å². The van der Waals surface area contributed by atoms with Crippen LogP contribution in [-0.4, -0.2) is 28.5 Å². The van der Waals surface area contributed by atoms with E-state index in [9.17, 15) is 8.42 Å². The van der Waals surface area contributed by atoms with Gasteiger partial charge in [0, 0.05) is 30.5 Å². The smallest absolute Gasteiger partial charge is 0.264 e. The average molecular weight is 415 g/mol. The van der Waals surface area contributed by atoms with Crippen molar-refractivity contribution in [2.75, 3.05) is 10.0 Å². The standard InChI is InChI=1S/C18H18N6O2S2/c1-13(14-7-11-19-12-8-14)22-18(27)23-15-3-5-16(6-4-15)28(25,26)24-17-20-9-2-10-21-17/h2-13H,1H3,(H,20,21,24)(H2,22,23,27). The highest BCUT2D eigenvalue weighted by Crippen LogP contribution is 2.17. The lowest BCUT2D eigenvalue weighted by molar-refractivity contribution is 0.601. The van der Waals surface area contributed by atoms with Crippen LogP contribution >= 0.6 is 12.2 Å². The van der Waals surface area contributed by atoms with Crippen molar-refractivity contribution in [1.82, 2.24) is 20.3 Å². The molecule has 0 bridgehead atoms. The third-order valence-corrected chi connectivity index (χ3v) is 5.33. The Balaban J connectivity index is 1.61. The van der Waals surface area contributed by atoms with E-state index in [1.54, 1.807) is 30.6 Å². The highest BCUT2D eigenvalue weighted by molar-refractivity contribution is 7.92. The molecule has 0 aliphatic rings. The second kappa shape index (κ2) is 8.72. The molecule has 1 unspecified atom stereocenters. The van der Waals surface area contributed by atoms with Gasteiger partial charge in [0.25, 0.3) is 10.0 Å². The summed E-state index contributed by atoms with van der Waals surface area (Å²) in [6, 6.07) is 11.6. The Kier molecular flexibility index (Phi) is 6.12. The number of hydrogen-bond acceptors (Lipinski definition) is 6. The molecule has 3 N–H and O–H groups in total. The lowest BCUT2D eigenvalue weighted by Crippen LogP contribution is -2.30. The maximum absolute atomic E-state index is 12.4. The molecule has 0 aliphatic heterocycles. The maximum atomic E-state index is 12.4. The summed E-state index contributed by atoms with van der Waals surface area (Å²) in [4.78, 5) is 11.8. The van der Waals surface area contributed by atoms with E-state index in [0.29, 0.717) is 10.8 Å². The topological polar surface area (TPSA) is 109 Å². The summed E-state index contributed by atoms with van der Waals surface area (Å²) in [5.41, 5.74) is 1.71. The summed E-state index contributed by atoms with van der Waals surface area (Å²) in [6.45, 7) is 1.98. The lowest BCUT2D eigenvalue weighted by Gasteiger charge is -2.17. The largest absolute Gasteiger partial charge is 0.356 e. The van der Waals surface area contributed by atoms with Gasteiger partial charge in [0.1, 0.15) is 0 Å². The number of aromatic nitrogens is 3. The van der Waals surface area contributed by atoms with Gasteiger partial charge in [0.05, 0.1) is 10.9 Å². The first-order valence-electron chi connectivity index (χ1n) is 8.31. The number of thiocarbonyl (C=S) groups is 1. The maximum Gasteiger partial charge on any atom is 0.264 e. The molecular formula is C18H18N6O2S2. The van der Waals surface area contributed by atoms with E-state index in [1.807, 2.05) is 19.1 Å². The monoisotopic (exact) mass is 414 g/mol. The molecule has 0 radical (unpaired) electrons. The highest BCUT2D eigenvalue weighted by Gasteiger charge is 2.15. The van der Waals surface area contributed by atoms with Crippen LogP contribution in [0.3, 0.4) is 0 Å². The molecule has 10 heteroatoms. The number of sulfonamides is 1. The first-order valence-corrected chi connectivity index (χ1v) is 10.2. The van der Waals surface area contributed by atoms with Crippen molar-refractivity contribution < 1.29 is 8.42 Å². The zero-order valence-corrected chi connectivity index (χ0v) is 16.5. The minimum absolute atomic E-state index is 0.00211. The van der Waals surface area contributed by atoms with Crippen molar-refractivity contribution in [3.8, 4) is 0 Å². The Hall–Kier alpha value is -3.11. The molecule has 28 heavy (non-hydrogen) atoms. The van der Waals surface area contributed by atoms with Gasteiger partial charge in [0.15, 0.2) is 5.11 Å². The van der Waals surface area contributed by atoms with Gasteiger partial charge in [-0.15, -0.1) is 0 Å². The molecule has 0 aliphatic carbocycles. The summed E-state index contributed by atoms with van der Waals surface area (Å²) < 4.78 is 27.1. The number of anilines is 2. The van der Waals surface area contributed by atoms with E-state index in [4.69, 9.17) is 12.2 Å². The van der Waals surface area contributed by atoms with Crippen LogP contribution < -0.4 is 15.4 Å². The minimum atomic E-state index is -3.77. The van der Waals surface area contributed by atoms with Crippen LogP contribution in [0.25, 0.3) is 0 Å². The lowest BCUT2D eigenvalue weighted by atomic mass is 10.1. The van der Waals surface area contributed by atoms with Gasteiger partial charge in [-0.25, -0.2) is 23.1 Å². The average Bonchev–Trinajstić information content (AvgIpc) is 2.69. The van der Waals surface area contributed by atoms with Crippen LogP contribution in [0.2, 0.25) is 0 Å². The Morgan fingerprint density at radius 1 is 1.00 bits per heavy atom. The van der Waals surface area contributed by atoms with Gasteiger partial charge < -0.3 is 10.6 Å². The van der Waals surface area contributed by atoms with E-state index < -0.39 is 10.0 Å². The molecular weight excluding hydrogens is 396 g/mol. The second-order valence-electron chi connectivity index (χ2n) is 5.80. The predicted octanol–water partition coefficient (Wildman–Crippen LogP) is 2.72. The van der Waals surface area contributed by atoms with Crippen molar-refractivity contribution in [2.24, 2.45) is 0 Å². The minimum Gasteiger partial charge on any atom is -0.356 e.